The van der Waals surface area contributed by atoms with Gasteiger partial charge in [0, 0.05) is 10.6 Å². The van der Waals surface area contributed by atoms with E-state index in [9.17, 15) is 19.5 Å². The van der Waals surface area contributed by atoms with Crippen molar-refractivity contribution < 1.29 is 24.2 Å². The first kappa shape index (κ1) is 26.8. The van der Waals surface area contributed by atoms with Crippen LogP contribution in [0.5, 0.6) is 5.75 Å². The number of thioether (sulfide) groups is 1. The number of amides is 2. The average Bonchev–Trinajstić information content (AvgIpc) is 2.93. The molecule has 0 aliphatic heterocycles. The van der Waals surface area contributed by atoms with Gasteiger partial charge < -0.3 is 20.5 Å². The number of hydrogen-bond donors (Lipinski definition) is 3. The summed E-state index contributed by atoms with van der Waals surface area (Å²) in [6.45, 7) is -0.123. The van der Waals surface area contributed by atoms with Crippen LogP contribution >= 0.6 is 23.4 Å². The lowest BCUT2D eigenvalue weighted by Gasteiger charge is -2.18. The van der Waals surface area contributed by atoms with Gasteiger partial charge in [0.25, 0.3) is 5.91 Å². The second-order valence-electron chi connectivity index (χ2n) is 8.07. The highest BCUT2D eigenvalue weighted by Crippen LogP contribution is 2.37. The number of benzene rings is 4. The summed E-state index contributed by atoms with van der Waals surface area (Å²) in [7, 11) is 0. The maximum absolute atomic E-state index is 13.3. The monoisotopic (exact) mass is 546 g/mol. The smallest absolute Gasteiger partial charge is 0.335 e. The molecule has 0 spiro atoms. The Hall–Kier alpha value is -4.27. The molecular formula is C29H23ClN2O5S. The van der Waals surface area contributed by atoms with Crippen LogP contribution in [-0.2, 0) is 9.59 Å². The zero-order valence-electron chi connectivity index (χ0n) is 20.0. The number of carboxylic acid groups (broad SMARTS) is 1. The second kappa shape index (κ2) is 12.8. The summed E-state index contributed by atoms with van der Waals surface area (Å²) in [5, 5.41) is 14.4. The van der Waals surface area contributed by atoms with E-state index in [0.717, 1.165) is 10.5 Å². The molecule has 38 heavy (non-hydrogen) atoms. The Kier molecular flexibility index (Phi) is 9.02. The van der Waals surface area contributed by atoms with Crippen molar-refractivity contribution in [2.24, 2.45) is 0 Å². The van der Waals surface area contributed by atoms with E-state index >= 15 is 0 Å². The summed E-state index contributed by atoms with van der Waals surface area (Å²) in [5.74, 6) is -1.17. The molecule has 0 heterocycles. The number of nitrogens with one attached hydrogen (secondary N) is 2. The number of carboxylic acids is 1. The molecule has 4 rings (SSSR count). The molecule has 0 aromatic heterocycles. The summed E-state index contributed by atoms with van der Waals surface area (Å²) in [4.78, 5) is 37.7. The fourth-order valence-electron chi connectivity index (χ4n) is 3.47. The molecule has 4 aromatic carbocycles. The van der Waals surface area contributed by atoms with E-state index in [1.54, 1.807) is 36.4 Å². The molecule has 2 amide bonds. The zero-order valence-corrected chi connectivity index (χ0v) is 21.5. The van der Waals surface area contributed by atoms with Crippen LogP contribution in [0.2, 0.25) is 5.02 Å². The van der Waals surface area contributed by atoms with Crippen LogP contribution in [0.1, 0.15) is 21.2 Å². The molecule has 7 nitrogen and oxygen atoms in total. The van der Waals surface area contributed by atoms with Crippen LogP contribution in [-0.4, -0.2) is 29.5 Å². The number of halogens is 1. The van der Waals surface area contributed by atoms with Gasteiger partial charge in [0.2, 0.25) is 5.91 Å². The fraction of sp³-hybridized carbons (Fsp3) is 0.0690. The Morgan fingerprint density at radius 3 is 2.16 bits per heavy atom. The van der Waals surface area contributed by atoms with Gasteiger partial charge in [0.1, 0.15) is 11.0 Å². The molecule has 0 fully saturated rings. The molecule has 1 unspecified atom stereocenters. The van der Waals surface area contributed by atoms with Crippen molar-refractivity contribution in [2.75, 3.05) is 17.2 Å². The average molecular weight is 547 g/mol. The molecule has 9 heteroatoms. The molecule has 3 N–H and O–H groups in total. The lowest BCUT2D eigenvalue weighted by molar-refractivity contribution is -0.118. The Morgan fingerprint density at radius 2 is 1.50 bits per heavy atom. The summed E-state index contributed by atoms with van der Waals surface area (Å²) in [6.07, 6.45) is 0. The first-order chi connectivity index (χ1) is 18.4. The van der Waals surface area contributed by atoms with Gasteiger partial charge in [-0.05, 0) is 60.2 Å². The molecule has 4 aromatic rings. The van der Waals surface area contributed by atoms with Crippen LogP contribution < -0.4 is 15.4 Å². The number of carbonyl (C=O) groups excluding carboxylic acids is 2. The van der Waals surface area contributed by atoms with Gasteiger partial charge >= 0.3 is 5.97 Å². The first-order valence-electron chi connectivity index (χ1n) is 11.5. The number of hydrogen-bond acceptors (Lipinski definition) is 5. The Morgan fingerprint density at radius 1 is 0.842 bits per heavy atom. The summed E-state index contributed by atoms with van der Waals surface area (Å²) < 4.78 is 5.47. The highest BCUT2D eigenvalue weighted by molar-refractivity contribution is 8.00. The predicted octanol–water partition coefficient (Wildman–Crippen LogP) is 6.53. The molecule has 1 atom stereocenters. The number of para-hydroxylation sites is 1. The van der Waals surface area contributed by atoms with Gasteiger partial charge in [-0.3, -0.25) is 9.59 Å². The molecule has 0 aliphatic carbocycles. The van der Waals surface area contributed by atoms with Crippen LogP contribution in [0.15, 0.2) is 108 Å². The lowest BCUT2D eigenvalue weighted by Crippen LogP contribution is -2.20. The molecule has 192 valence electrons. The minimum absolute atomic E-state index is 0.0143. The van der Waals surface area contributed by atoms with Crippen LogP contribution in [0.3, 0.4) is 0 Å². The second-order valence-corrected chi connectivity index (χ2v) is 9.66. The molecular weight excluding hydrogens is 524 g/mol. The van der Waals surface area contributed by atoms with E-state index in [0.29, 0.717) is 11.4 Å². The van der Waals surface area contributed by atoms with Gasteiger partial charge in [-0.1, -0.05) is 60.1 Å². The summed E-state index contributed by atoms with van der Waals surface area (Å²) in [6, 6.07) is 29.5. The van der Waals surface area contributed by atoms with Gasteiger partial charge in [-0.25, -0.2) is 4.79 Å². The maximum atomic E-state index is 13.3. The topological polar surface area (TPSA) is 105 Å². The quantitative estimate of drug-likeness (QED) is 0.195. The van der Waals surface area contributed by atoms with Gasteiger partial charge in [0.05, 0.1) is 16.3 Å². The summed E-state index contributed by atoms with van der Waals surface area (Å²) in [5.41, 5.74) is 1.58. The SMILES string of the molecule is O=C(COc1ccccc1)Nc1ccc(SC(C(=O)Nc2cc(C(=O)O)ccc2Cl)c2ccccc2)cc1. The van der Waals surface area contributed by atoms with Gasteiger partial charge in [-0.15, -0.1) is 11.8 Å². The third kappa shape index (κ3) is 7.38. The largest absolute Gasteiger partial charge is 0.484 e. The third-order valence-corrected chi connectivity index (χ3v) is 6.91. The van der Waals surface area contributed by atoms with E-state index in [2.05, 4.69) is 10.6 Å². The van der Waals surface area contributed by atoms with Crippen LogP contribution in [0.25, 0.3) is 0 Å². The third-order valence-electron chi connectivity index (χ3n) is 5.32. The highest BCUT2D eigenvalue weighted by atomic mass is 35.5. The predicted molar refractivity (Wildman–Crippen MR) is 149 cm³/mol. The molecule has 0 bridgehead atoms. The van der Waals surface area contributed by atoms with Crippen molar-refractivity contribution in [1.82, 2.24) is 0 Å². The van der Waals surface area contributed by atoms with Crippen molar-refractivity contribution in [2.45, 2.75) is 10.1 Å². The van der Waals surface area contributed by atoms with E-state index in [-0.39, 0.29) is 34.7 Å². The Balaban J connectivity index is 1.44. The number of carbonyl (C=O) groups is 3. The van der Waals surface area contributed by atoms with Crippen LogP contribution in [0, 0.1) is 0 Å². The molecule has 0 aliphatic rings. The van der Waals surface area contributed by atoms with E-state index in [1.807, 2.05) is 48.5 Å². The molecule has 0 saturated carbocycles. The Labute approximate surface area is 228 Å². The highest BCUT2D eigenvalue weighted by Gasteiger charge is 2.23. The number of anilines is 2. The van der Waals surface area contributed by atoms with Crippen LogP contribution in [0.4, 0.5) is 11.4 Å². The van der Waals surface area contributed by atoms with Gasteiger partial charge in [-0.2, -0.15) is 0 Å². The van der Waals surface area contributed by atoms with E-state index < -0.39 is 11.2 Å². The van der Waals surface area contributed by atoms with Crippen molar-refractivity contribution >= 4 is 52.5 Å². The van der Waals surface area contributed by atoms with Crippen molar-refractivity contribution in [3.63, 3.8) is 0 Å². The minimum Gasteiger partial charge on any atom is -0.484 e. The summed E-state index contributed by atoms with van der Waals surface area (Å²) >= 11 is 7.53. The maximum Gasteiger partial charge on any atom is 0.335 e. The fourth-order valence-corrected chi connectivity index (χ4v) is 4.66. The van der Waals surface area contributed by atoms with E-state index in [1.165, 1.54) is 30.0 Å². The van der Waals surface area contributed by atoms with Crippen molar-refractivity contribution in [3.05, 3.63) is 119 Å². The molecule has 0 radical (unpaired) electrons. The minimum atomic E-state index is -1.12. The Bertz CT molecular complexity index is 1420. The number of aromatic carboxylic acids is 1. The number of rotatable bonds is 10. The zero-order chi connectivity index (χ0) is 26.9. The normalized spacial score (nSPS) is 11.3. The lowest BCUT2D eigenvalue weighted by atomic mass is 10.1. The number of ether oxygens (including phenoxy) is 1. The van der Waals surface area contributed by atoms with E-state index in [4.69, 9.17) is 16.3 Å². The first-order valence-corrected chi connectivity index (χ1v) is 12.8. The van der Waals surface area contributed by atoms with Gasteiger partial charge in [0.15, 0.2) is 6.61 Å². The van der Waals surface area contributed by atoms with Crippen molar-refractivity contribution in [1.29, 1.82) is 0 Å². The van der Waals surface area contributed by atoms with Crippen molar-refractivity contribution in [3.8, 4) is 5.75 Å². The standard InChI is InChI=1S/C29H23ClN2O5S/c30-24-16-11-20(29(35)36)17-25(24)32-28(34)27(19-7-3-1-4-8-19)38-23-14-12-21(13-15-23)31-26(33)18-37-22-9-5-2-6-10-22/h1-17,27H,18H2,(H,31,33)(H,32,34)(H,35,36). The molecule has 0 saturated heterocycles.